The molecule has 4 rings (SSSR count). The molecule has 2 aliphatic heterocycles. The molecule has 0 aliphatic carbocycles. The van der Waals surface area contributed by atoms with Crippen LogP contribution in [-0.2, 0) is 17.8 Å². The smallest absolute Gasteiger partial charge is 0.231 e. The lowest BCUT2D eigenvalue weighted by Gasteiger charge is -2.36. The van der Waals surface area contributed by atoms with Gasteiger partial charge in [-0.05, 0) is 29.7 Å². The predicted octanol–water partition coefficient (Wildman–Crippen LogP) is 2.94. The number of nitrogens with zero attached hydrogens (tertiary/aromatic N) is 2. The number of piperazine rings is 1. The minimum absolute atomic E-state index is 0.0211. The lowest BCUT2D eigenvalue weighted by molar-refractivity contribution is -0.136. The van der Waals surface area contributed by atoms with E-state index in [2.05, 4.69) is 29.2 Å². The van der Waals surface area contributed by atoms with Gasteiger partial charge < -0.3 is 14.4 Å². The second kappa shape index (κ2) is 8.01. The highest BCUT2D eigenvalue weighted by Crippen LogP contribution is 2.32. The van der Waals surface area contributed by atoms with E-state index < -0.39 is 0 Å². The topological polar surface area (TPSA) is 42.0 Å². The fraction of sp³-hybridized carbons (Fsp3) is 0.409. The maximum absolute atomic E-state index is 12.8. The largest absolute Gasteiger partial charge is 0.454 e. The molecule has 2 aromatic carbocycles. The van der Waals surface area contributed by atoms with Crippen molar-refractivity contribution in [2.24, 2.45) is 5.92 Å². The molecule has 2 aliphatic rings. The van der Waals surface area contributed by atoms with Crippen molar-refractivity contribution in [1.82, 2.24) is 9.80 Å². The third-order valence-electron chi connectivity index (χ3n) is 5.33. The number of hydrogen-bond acceptors (Lipinski definition) is 4. The molecule has 1 unspecified atom stereocenters. The zero-order valence-corrected chi connectivity index (χ0v) is 15.8. The van der Waals surface area contributed by atoms with Crippen molar-refractivity contribution in [2.45, 2.75) is 19.9 Å². The Morgan fingerprint density at radius 2 is 1.70 bits per heavy atom. The highest BCUT2D eigenvalue weighted by Gasteiger charge is 2.25. The molecule has 0 spiro atoms. The van der Waals surface area contributed by atoms with Crippen LogP contribution in [0.1, 0.15) is 18.1 Å². The lowest BCUT2D eigenvalue weighted by Crippen LogP contribution is -2.49. The molecule has 1 fully saturated rings. The minimum Gasteiger partial charge on any atom is -0.454 e. The maximum atomic E-state index is 12.8. The van der Waals surface area contributed by atoms with Crippen LogP contribution in [0, 0.1) is 5.92 Å². The van der Waals surface area contributed by atoms with E-state index in [4.69, 9.17) is 9.47 Å². The monoisotopic (exact) mass is 366 g/mol. The van der Waals surface area contributed by atoms with Gasteiger partial charge >= 0.3 is 0 Å². The van der Waals surface area contributed by atoms with Gasteiger partial charge in [0, 0.05) is 38.6 Å². The van der Waals surface area contributed by atoms with E-state index in [0.717, 1.165) is 50.6 Å². The summed E-state index contributed by atoms with van der Waals surface area (Å²) in [5, 5.41) is 0. The van der Waals surface area contributed by atoms with Crippen LogP contribution in [0.25, 0.3) is 0 Å². The number of fused-ring (bicyclic) bond motifs is 1. The summed E-state index contributed by atoms with van der Waals surface area (Å²) in [7, 11) is 0. The van der Waals surface area contributed by atoms with E-state index in [1.165, 1.54) is 11.1 Å². The Kier molecular flexibility index (Phi) is 5.30. The third kappa shape index (κ3) is 4.25. The average molecular weight is 366 g/mol. The normalized spacial score (nSPS) is 17.7. The SMILES string of the molecule is CC(Cc1ccccc1)C(=O)N1CCN(Cc2ccc3c(c2)OCO3)CC1. The molecule has 27 heavy (non-hydrogen) atoms. The second-order valence-electron chi connectivity index (χ2n) is 7.38. The molecule has 1 amide bonds. The van der Waals surface area contributed by atoms with Crippen LogP contribution in [0.3, 0.4) is 0 Å². The minimum atomic E-state index is 0.0211. The molecule has 142 valence electrons. The number of hydrogen-bond donors (Lipinski definition) is 0. The van der Waals surface area contributed by atoms with Gasteiger partial charge in [0.2, 0.25) is 12.7 Å². The van der Waals surface area contributed by atoms with Crippen molar-refractivity contribution in [2.75, 3.05) is 33.0 Å². The van der Waals surface area contributed by atoms with Crippen molar-refractivity contribution >= 4 is 5.91 Å². The standard InChI is InChI=1S/C22H26N2O3/c1-17(13-18-5-3-2-4-6-18)22(25)24-11-9-23(10-12-24)15-19-7-8-20-21(14-19)27-16-26-20/h2-8,14,17H,9-13,15-16H2,1H3. The Balaban J connectivity index is 1.27. The predicted molar refractivity (Wildman–Crippen MR) is 104 cm³/mol. The van der Waals surface area contributed by atoms with Crippen LogP contribution in [0.5, 0.6) is 11.5 Å². The first-order valence-electron chi connectivity index (χ1n) is 9.62. The van der Waals surface area contributed by atoms with Crippen molar-refractivity contribution in [3.63, 3.8) is 0 Å². The summed E-state index contributed by atoms with van der Waals surface area (Å²) >= 11 is 0. The molecule has 2 aromatic rings. The van der Waals surface area contributed by atoms with Crippen LogP contribution in [0.4, 0.5) is 0 Å². The summed E-state index contributed by atoms with van der Waals surface area (Å²) in [6.45, 7) is 6.61. The fourth-order valence-electron chi connectivity index (χ4n) is 3.79. The Hall–Kier alpha value is -2.53. The van der Waals surface area contributed by atoms with Crippen molar-refractivity contribution in [3.05, 3.63) is 59.7 Å². The van der Waals surface area contributed by atoms with Gasteiger partial charge in [0.05, 0.1) is 0 Å². The van der Waals surface area contributed by atoms with Gasteiger partial charge in [-0.1, -0.05) is 43.3 Å². The highest BCUT2D eigenvalue weighted by molar-refractivity contribution is 5.79. The first kappa shape index (κ1) is 17.9. The number of amides is 1. The Morgan fingerprint density at radius 1 is 0.963 bits per heavy atom. The lowest BCUT2D eigenvalue weighted by atomic mass is 9.99. The van der Waals surface area contributed by atoms with Gasteiger partial charge in [-0.2, -0.15) is 0 Å². The molecule has 1 atom stereocenters. The maximum Gasteiger partial charge on any atom is 0.231 e. The molecule has 5 heteroatoms. The number of ether oxygens (including phenoxy) is 2. The molecule has 2 heterocycles. The molecule has 0 N–H and O–H groups in total. The zero-order chi connectivity index (χ0) is 18.6. The van der Waals surface area contributed by atoms with Crippen molar-refractivity contribution in [1.29, 1.82) is 0 Å². The zero-order valence-electron chi connectivity index (χ0n) is 15.8. The van der Waals surface area contributed by atoms with Crippen molar-refractivity contribution in [3.8, 4) is 11.5 Å². The van der Waals surface area contributed by atoms with Crippen LogP contribution in [0.2, 0.25) is 0 Å². The molecular weight excluding hydrogens is 340 g/mol. The number of rotatable bonds is 5. The molecule has 0 radical (unpaired) electrons. The van der Waals surface area contributed by atoms with E-state index in [1.807, 2.05) is 36.1 Å². The summed E-state index contributed by atoms with van der Waals surface area (Å²) in [5.41, 5.74) is 2.44. The van der Waals surface area contributed by atoms with Crippen LogP contribution in [-0.4, -0.2) is 48.7 Å². The molecular formula is C22H26N2O3. The summed E-state index contributed by atoms with van der Waals surface area (Å²) in [6, 6.07) is 16.4. The molecule has 0 saturated carbocycles. The quantitative estimate of drug-likeness (QED) is 0.816. The fourth-order valence-corrected chi connectivity index (χ4v) is 3.79. The molecule has 5 nitrogen and oxygen atoms in total. The number of carbonyl (C=O) groups is 1. The van der Waals surface area contributed by atoms with Gasteiger partial charge in [0.15, 0.2) is 11.5 Å². The highest BCUT2D eigenvalue weighted by atomic mass is 16.7. The van der Waals surface area contributed by atoms with E-state index in [-0.39, 0.29) is 11.8 Å². The van der Waals surface area contributed by atoms with Gasteiger partial charge in [-0.3, -0.25) is 9.69 Å². The molecule has 1 saturated heterocycles. The van der Waals surface area contributed by atoms with Crippen LogP contribution in [0.15, 0.2) is 48.5 Å². The first-order valence-corrected chi connectivity index (χ1v) is 9.62. The summed E-state index contributed by atoms with van der Waals surface area (Å²) in [4.78, 5) is 17.2. The summed E-state index contributed by atoms with van der Waals surface area (Å²) in [6.07, 6.45) is 0.803. The second-order valence-corrected chi connectivity index (χ2v) is 7.38. The molecule has 0 bridgehead atoms. The van der Waals surface area contributed by atoms with Gasteiger partial charge in [0.1, 0.15) is 0 Å². The van der Waals surface area contributed by atoms with E-state index in [0.29, 0.717) is 6.79 Å². The Morgan fingerprint density at radius 3 is 2.48 bits per heavy atom. The van der Waals surface area contributed by atoms with Crippen molar-refractivity contribution < 1.29 is 14.3 Å². The van der Waals surface area contributed by atoms with Crippen LogP contribution >= 0.6 is 0 Å². The third-order valence-corrected chi connectivity index (χ3v) is 5.33. The average Bonchev–Trinajstić information content (AvgIpc) is 3.16. The first-order chi connectivity index (χ1) is 13.2. The number of benzene rings is 2. The Labute approximate surface area is 160 Å². The van der Waals surface area contributed by atoms with Gasteiger partial charge in [0.25, 0.3) is 0 Å². The Bertz CT molecular complexity index is 785. The van der Waals surface area contributed by atoms with E-state index >= 15 is 0 Å². The summed E-state index contributed by atoms with van der Waals surface area (Å²) in [5.74, 6) is 1.94. The molecule has 0 aromatic heterocycles. The van der Waals surface area contributed by atoms with E-state index in [9.17, 15) is 4.79 Å². The number of carbonyl (C=O) groups excluding carboxylic acids is 1. The van der Waals surface area contributed by atoms with E-state index in [1.54, 1.807) is 0 Å². The summed E-state index contributed by atoms with van der Waals surface area (Å²) < 4.78 is 10.8. The van der Waals surface area contributed by atoms with Gasteiger partial charge in [-0.25, -0.2) is 0 Å². The van der Waals surface area contributed by atoms with Crippen LogP contribution < -0.4 is 9.47 Å². The van der Waals surface area contributed by atoms with Gasteiger partial charge in [-0.15, -0.1) is 0 Å².